The van der Waals surface area contributed by atoms with Gasteiger partial charge < -0.3 is 10.3 Å². The highest BCUT2D eigenvalue weighted by Crippen LogP contribution is 2.26. The maximum absolute atomic E-state index is 5.85. The summed E-state index contributed by atoms with van der Waals surface area (Å²) >= 11 is 7.33. The maximum atomic E-state index is 5.85. The number of nitrogens with zero attached hydrogens (tertiary/aromatic N) is 3. The minimum absolute atomic E-state index is 0.104. The number of halogens is 1. The molecular weight excluding hydrogens is 296 g/mol. The van der Waals surface area contributed by atoms with E-state index in [4.69, 9.17) is 21.9 Å². The van der Waals surface area contributed by atoms with Crippen LogP contribution in [0.3, 0.4) is 0 Å². The lowest BCUT2D eigenvalue weighted by Crippen LogP contribution is -2.03. The molecule has 1 unspecified atom stereocenters. The van der Waals surface area contributed by atoms with Crippen molar-refractivity contribution in [1.82, 2.24) is 15.1 Å². The molecule has 2 aromatic heterocycles. The second-order valence-electron chi connectivity index (χ2n) is 4.29. The summed E-state index contributed by atoms with van der Waals surface area (Å²) in [7, 11) is 0. The van der Waals surface area contributed by atoms with Crippen LogP contribution in [0.1, 0.15) is 18.0 Å². The average Bonchev–Trinajstić information content (AvgIpc) is 3.08. The van der Waals surface area contributed by atoms with Crippen molar-refractivity contribution in [1.29, 1.82) is 0 Å². The van der Waals surface area contributed by atoms with Crippen LogP contribution in [0.15, 0.2) is 34.2 Å². The monoisotopic (exact) mass is 306 g/mol. The molecule has 0 aliphatic heterocycles. The highest BCUT2D eigenvalue weighted by Gasteiger charge is 2.14. The summed E-state index contributed by atoms with van der Waals surface area (Å²) in [4.78, 5) is 8.71. The first kappa shape index (κ1) is 13.2. The van der Waals surface area contributed by atoms with Crippen LogP contribution in [0.25, 0.3) is 23.0 Å². The number of nitrogens with two attached hydrogens (primary N) is 1. The van der Waals surface area contributed by atoms with Gasteiger partial charge in [0, 0.05) is 16.0 Å². The zero-order chi connectivity index (χ0) is 14.1. The molecule has 1 aromatic carbocycles. The summed E-state index contributed by atoms with van der Waals surface area (Å²) in [5, 5.41) is 7.31. The van der Waals surface area contributed by atoms with Gasteiger partial charge in [-0.05, 0) is 31.2 Å². The molecule has 2 heterocycles. The van der Waals surface area contributed by atoms with E-state index in [1.807, 2.05) is 24.4 Å². The lowest BCUT2D eigenvalue weighted by Gasteiger charge is -1.95. The van der Waals surface area contributed by atoms with E-state index < -0.39 is 0 Å². The van der Waals surface area contributed by atoms with Gasteiger partial charge >= 0.3 is 0 Å². The Labute approximate surface area is 124 Å². The fourth-order valence-corrected chi connectivity index (χ4v) is 2.52. The van der Waals surface area contributed by atoms with Crippen molar-refractivity contribution in [3.05, 3.63) is 39.7 Å². The topological polar surface area (TPSA) is 77.8 Å². The number of hydrogen-bond acceptors (Lipinski definition) is 6. The van der Waals surface area contributed by atoms with E-state index in [9.17, 15) is 0 Å². The Kier molecular flexibility index (Phi) is 3.52. The smallest absolute Gasteiger partial charge is 0.277 e. The molecular formula is C13H11ClN4OS. The third-order valence-corrected chi connectivity index (χ3v) is 3.96. The molecule has 0 aliphatic rings. The predicted molar refractivity (Wildman–Crippen MR) is 78.5 cm³/mol. The van der Waals surface area contributed by atoms with Crippen molar-refractivity contribution < 1.29 is 4.52 Å². The van der Waals surface area contributed by atoms with Crippen LogP contribution in [0.4, 0.5) is 0 Å². The predicted octanol–water partition coefficient (Wildman–Crippen LogP) is 3.53. The molecule has 0 bridgehead atoms. The molecule has 102 valence electrons. The molecule has 0 spiro atoms. The summed E-state index contributed by atoms with van der Waals surface area (Å²) in [6.45, 7) is 1.88. The molecule has 0 fully saturated rings. The molecule has 3 rings (SSSR count). The fraction of sp³-hybridized carbons (Fsp3) is 0.154. The fourth-order valence-electron chi connectivity index (χ4n) is 1.64. The summed E-state index contributed by atoms with van der Waals surface area (Å²) in [5.41, 5.74) is 7.27. The van der Waals surface area contributed by atoms with Gasteiger partial charge in [0.2, 0.25) is 5.82 Å². The van der Waals surface area contributed by atoms with E-state index in [0.717, 1.165) is 10.6 Å². The first-order chi connectivity index (χ1) is 9.63. The van der Waals surface area contributed by atoms with E-state index in [1.165, 1.54) is 11.3 Å². The van der Waals surface area contributed by atoms with Crippen molar-refractivity contribution >= 4 is 22.9 Å². The molecule has 5 nitrogen and oxygen atoms in total. The van der Waals surface area contributed by atoms with Gasteiger partial charge in [0.25, 0.3) is 5.89 Å². The van der Waals surface area contributed by atoms with Crippen LogP contribution < -0.4 is 5.73 Å². The van der Waals surface area contributed by atoms with Gasteiger partial charge in [-0.15, -0.1) is 11.3 Å². The lowest BCUT2D eigenvalue weighted by atomic mass is 10.2. The molecule has 2 N–H and O–H groups in total. The van der Waals surface area contributed by atoms with E-state index in [-0.39, 0.29) is 6.04 Å². The summed E-state index contributed by atoms with van der Waals surface area (Å²) in [5.74, 6) is 0.894. The van der Waals surface area contributed by atoms with Crippen molar-refractivity contribution in [2.75, 3.05) is 0 Å². The van der Waals surface area contributed by atoms with E-state index >= 15 is 0 Å². The van der Waals surface area contributed by atoms with Crippen LogP contribution in [0, 0.1) is 0 Å². The Morgan fingerprint density at radius 1 is 1.25 bits per heavy atom. The summed E-state index contributed by atoms with van der Waals surface area (Å²) < 4.78 is 5.24. The van der Waals surface area contributed by atoms with E-state index in [1.54, 1.807) is 12.1 Å². The van der Waals surface area contributed by atoms with Crippen molar-refractivity contribution in [3.8, 4) is 23.0 Å². The molecule has 0 aliphatic carbocycles. The second-order valence-corrected chi connectivity index (χ2v) is 5.62. The van der Waals surface area contributed by atoms with Crippen LogP contribution >= 0.6 is 22.9 Å². The Morgan fingerprint density at radius 2 is 2.00 bits per heavy atom. The van der Waals surface area contributed by atoms with Gasteiger partial charge in [-0.25, -0.2) is 4.98 Å². The number of rotatable bonds is 3. The maximum Gasteiger partial charge on any atom is 0.277 e. The van der Waals surface area contributed by atoms with Crippen molar-refractivity contribution in [2.24, 2.45) is 5.73 Å². The molecule has 0 amide bonds. The number of benzene rings is 1. The quantitative estimate of drug-likeness (QED) is 0.801. The minimum Gasteiger partial charge on any atom is -0.332 e. The van der Waals surface area contributed by atoms with Crippen LogP contribution in [0.5, 0.6) is 0 Å². The molecule has 0 radical (unpaired) electrons. The van der Waals surface area contributed by atoms with Crippen molar-refractivity contribution in [2.45, 2.75) is 13.0 Å². The SMILES string of the molecule is CC(N)c1nc(-c2nc(-c3ccc(Cl)cc3)no2)cs1. The number of hydrogen-bond donors (Lipinski definition) is 1. The summed E-state index contributed by atoms with van der Waals surface area (Å²) in [6.07, 6.45) is 0. The third-order valence-electron chi connectivity index (χ3n) is 2.66. The first-order valence-corrected chi connectivity index (χ1v) is 7.20. The molecule has 1 atom stereocenters. The Hall–Kier alpha value is -1.76. The largest absolute Gasteiger partial charge is 0.332 e. The Morgan fingerprint density at radius 3 is 2.65 bits per heavy atom. The van der Waals surface area contributed by atoms with E-state index in [2.05, 4.69) is 15.1 Å². The lowest BCUT2D eigenvalue weighted by molar-refractivity contribution is 0.431. The Bertz CT molecular complexity index is 720. The van der Waals surface area contributed by atoms with Crippen LogP contribution in [-0.4, -0.2) is 15.1 Å². The van der Waals surface area contributed by atoms with Crippen LogP contribution in [0.2, 0.25) is 5.02 Å². The first-order valence-electron chi connectivity index (χ1n) is 5.94. The Balaban J connectivity index is 1.91. The highest BCUT2D eigenvalue weighted by atomic mass is 35.5. The standard InChI is InChI=1S/C13H11ClN4OS/c1-7(15)13-16-10(6-20-13)12-17-11(18-19-12)8-2-4-9(14)5-3-8/h2-7H,15H2,1H3. The zero-order valence-electron chi connectivity index (χ0n) is 10.6. The molecule has 0 saturated heterocycles. The third kappa shape index (κ3) is 2.58. The van der Waals surface area contributed by atoms with Crippen LogP contribution in [-0.2, 0) is 0 Å². The van der Waals surface area contributed by atoms with Gasteiger partial charge in [-0.3, -0.25) is 0 Å². The average molecular weight is 307 g/mol. The van der Waals surface area contributed by atoms with E-state index in [0.29, 0.717) is 22.4 Å². The molecule has 3 aromatic rings. The molecule has 7 heteroatoms. The van der Waals surface area contributed by atoms with Gasteiger partial charge in [0.15, 0.2) is 0 Å². The molecule has 0 saturated carbocycles. The highest BCUT2D eigenvalue weighted by molar-refractivity contribution is 7.10. The summed E-state index contributed by atoms with van der Waals surface area (Å²) in [6, 6.07) is 7.14. The van der Waals surface area contributed by atoms with Gasteiger partial charge in [-0.1, -0.05) is 16.8 Å². The second kappa shape index (κ2) is 5.32. The van der Waals surface area contributed by atoms with Gasteiger partial charge in [-0.2, -0.15) is 4.98 Å². The zero-order valence-corrected chi connectivity index (χ0v) is 12.1. The van der Waals surface area contributed by atoms with Crippen molar-refractivity contribution in [3.63, 3.8) is 0 Å². The number of aromatic nitrogens is 3. The minimum atomic E-state index is -0.104. The van der Waals surface area contributed by atoms with Gasteiger partial charge in [0.05, 0.1) is 6.04 Å². The molecule has 20 heavy (non-hydrogen) atoms. The van der Waals surface area contributed by atoms with Gasteiger partial charge in [0.1, 0.15) is 10.7 Å². The normalized spacial score (nSPS) is 12.6. The number of thiazole rings is 1.